The average Bonchev–Trinajstić information content (AvgIpc) is 2.22. The minimum absolute atomic E-state index is 0. The van der Waals surface area contributed by atoms with Gasteiger partial charge in [0.25, 0.3) is 0 Å². The standard InChI is InChI=1S/C14H28N2O4.2HI/c1-15(2,3)9-11-19-13(17)7-8-14(18)20-12-10-16(4,5)6;;/h7-8H,9-12H2,1-6H3;2*1H/q+2;;/p-2/b8-7-;;. The Morgan fingerprint density at radius 3 is 1.23 bits per heavy atom. The molecule has 0 unspecified atom stereocenters. The largest absolute Gasteiger partial charge is 1.00 e. The van der Waals surface area contributed by atoms with Crippen LogP contribution in [0.4, 0.5) is 0 Å². The molecule has 6 nitrogen and oxygen atoms in total. The quantitative estimate of drug-likeness (QED) is 0.133. The first kappa shape index (κ1) is 26.9. The van der Waals surface area contributed by atoms with E-state index >= 15 is 0 Å². The van der Waals surface area contributed by atoms with Gasteiger partial charge in [0.15, 0.2) is 0 Å². The van der Waals surface area contributed by atoms with Crippen molar-refractivity contribution < 1.29 is 76.0 Å². The number of likely N-dealkylation sites (N-methyl/N-ethyl adjacent to an activating group) is 2. The lowest BCUT2D eigenvalue weighted by atomic mass is 10.5. The summed E-state index contributed by atoms with van der Waals surface area (Å²) in [6.45, 7) is 2.08. The average molecular weight is 542 g/mol. The molecule has 0 aliphatic carbocycles. The van der Waals surface area contributed by atoms with Gasteiger partial charge in [0.2, 0.25) is 0 Å². The third kappa shape index (κ3) is 20.1. The molecule has 0 spiro atoms. The fourth-order valence-electron chi connectivity index (χ4n) is 1.07. The SMILES string of the molecule is C[N+](C)(C)CCOC(=O)/C=C\C(=O)OCC[N+](C)(C)C.[I-].[I-]. The molecule has 0 saturated heterocycles. The summed E-state index contributed by atoms with van der Waals surface area (Å²) < 4.78 is 11.4. The van der Waals surface area contributed by atoms with Crippen molar-refractivity contribution in [2.75, 3.05) is 68.6 Å². The second-order valence-corrected chi connectivity index (χ2v) is 6.70. The number of esters is 2. The molecule has 0 radical (unpaired) electrons. The molecule has 0 atom stereocenters. The molecule has 0 amide bonds. The Morgan fingerprint density at radius 1 is 0.727 bits per heavy atom. The van der Waals surface area contributed by atoms with Crippen LogP contribution < -0.4 is 48.0 Å². The molecule has 0 fully saturated rings. The van der Waals surface area contributed by atoms with Crippen LogP contribution in [0.25, 0.3) is 0 Å². The Hall–Kier alpha value is 0.0600. The highest BCUT2D eigenvalue weighted by Gasteiger charge is 2.09. The first-order valence-electron chi connectivity index (χ1n) is 6.62. The summed E-state index contributed by atoms with van der Waals surface area (Å²) >= 11 is 0. The van der Waals surface area contributed by atoms with Gasteiger partial charge in [-0.25, -0.2) is 9.59 Å². The van der Waals surface area contributed by atoms with E-state index in [1.165, 1.54) is 0 Å². The van der Waals surface area contributed by atoms with Gasteiger partial charge in [0, 0.05) is 12.2 Å². The molecule has 132 valence electrons. The van der Waals surface area contributed by atoms with Gasteiger partial charge in [0.1, 0.15) is 26.3 Å². The molecule has 0 rings (SSSR count). The van der Waals surface area contributed by atoms with Crippen molar-refractivity contribution in [2.45, 2.75) is 0 Å². The minimum Gasteiger partial charge on any atom is -1.00 e. The summed E-state index contributed by atoms with van der Waals surface area (Å²) in [6, 6.07) is 0. The molecule has 22 heavy (non-hydrogen) atoms. The predicted octanol–water partition coefficient (Wildman–Crippen LogP) is -5.95. The van der Waals surface area contributed by atoms with Gasteiger partial charge in [-0.2, -0.15) is 0 Å². The maximum atomic E-state index is 11.3. The lowest BCUT2D eigenvalue weighted by Gasteiger charge is -2.23. The van der Waals surface area contributed by atoms with E-state index < -0.39 is 11.9 Å². The third-order valence-corrected chi connectivity index (χ3v) is 2.37. The topological polar surface area (TPSA) is 52.6 Å². The van der Waals surface area contributed by atoms with E-state index in [-0.39, 0.29) is 48.0 Å². The lowest BCUT2D eigenvalue weighted by Crippen LogP contribution is -3.00. The molecule has 0 aliphatic rings. The number of nitrogens with zero attached hydrogens (tertiary/aromatic N) is 2. The van der Waals surface area contributed by atoms with Gasteiger partial charge in [-0.3, -0.25) is 0 Å². The molecular weight excluding hydrogens is 514 g/mol. The summed E-state index contributed by atoms with van der Waals surface area (Å²) in [5, 5.41) is 0. The molecule has 0 N–H and O–H groups in total. The van der Waals surface area contributed by atoms with Crippen LogP contribution in [0.15, 0.2) is 12.2 Å². The third-order valence-electron chi connectivity index (χ3n) is 2.37. The highest BCUT2D eigenvalue weighted by molar-refractivity contribution is 5.91. The number of carbonyl (C=O) groups excluding carboxylic acids is 2. The van der Waals surface area contributed by atoms with Gasteiger partial charge in [-0.1, -0.05) is 0 Å². The maximum absolute atomic E-state index is 11.3. The fraction of sp³-hybridized carbons (Fsp3) is 0.714. The van der Waals surface area contributed by atoms with Gasteiger partial charge in [0.05, 0.1) is 42.3 Å². The summed E-state index contributed by atoms with van der Waals surface area (Å²) in [5.41, 5.74) is 0. The zero-order valence-electron chi connectivity index (χ0n) is 14.3. The number of hydrogen-bond donors (Lipinski definition) is 0. The smallest absolute Gasteiger partial charge is 0.331 e. The Morgan fingerprint density at radius 2 is 1.00 bits per heavy atom. The highest BCUT2D eigenvalue weighted by Crippen LogP contribution is 1.93. The first-order chi connectivity index (χ1) is 8.99. The van der Waals surface area contributed by atoms with Crippen molar-refractivity contribution in [3.63, 3.8) is 0 Å². The second kappa shape index (κ2) is 12.5. The first-order valence-corrected chi connectivity index (χ1v) is 6.62. The second-order valence-electron chi connectivity index (χ2n) is 6.70. The number of rotatable bonds is 8. The molecule has 0 aliphatic heterocycles. The zero-order chi connectivity index (χ0) is 15.8. The van der Waals surface area contributed by atoms with Crippen LogP contribution in [0.1, 0.15) is 0 Å². The van der Waals surface area contributed by atoms with E-state index in [9.17, 15) is 9.59 Å². The molecule has 0 bridgehead atoms. The maximum Gasteiger partial charge on any atom is 0.331 e. The number of carbonyl (C=O) groups is 2. The molecule has 0 saturated carbocycles. The summed E-state index contributed by atoms with van der Waals surface area (Å²) in [7, 11) is 12.1. The van der Waals surface area contributed by atoms with Crippen molar-refractivity contribution in [2.24, 2.45) is 0 Å². The lowest BCUT2D eigenvalue weighted by molar-refractivity contribution is -0.870. The van der Waals surface area contributed by atoms with Crippen molar-refractivity contribution in [3.8, 4) is 0 Å². The van der Waals surface area contributed by atoms with Crippen molar-refractivity contribution in [1.29, 1.82) is 0 Å². The summed E-state index contributed by atoms with van der Waals surface area (Å²) in [5.74, 6) is -1.05. The number of halogens is 2. The Bertz CT molecular complexity index is 327. The molecular formula is C14H28I2N2O4. The van der Waals surface area contributed by atoms with E-state index in [1.54, 1.807) is 0 Å². The highest BCUT2D eigenvalue weighted by atomic mass is 127. The van der Waals surface area contributed by atoms with Crippen LogP contribution in [0.5, 0.6) is 0 Å². The van der Waals surface area contributed by atoms with Crippen molar-refractivity contribution in [3.05, 3.63) is 12.2 Å². The van der Waals surface area contributed by atoms with Gasteiger partial charge < -0.3 is 66.4 Å². The number of hydrogen-bond acceptors (Lipinski definition) is 4. The van der Waals surface area contributed by atoms with E-state index in [0.29, 0.717) is 35.3 Å². The number of quaternary nitrogens is 2. The van der Waals surface area contributed by atoms with E-state index in [1.807, 2.05) is 42.3 Å². The Balaban J connectivity index is -0.00000180. The Kier molecular flexibility index (Phi) is 15.3. The summed E-state index contributed by atoms with van der Waals surface area (Å²) in [4.78, 5) is 22.7. The van der Waals surface area contributed by atoms with Crippen LogP contribution in [-0.4, -0.2) is 89.5 Å². The van der Waals surface area contributed by atoms with Gasteiger partial charge in [-0.15, -0.1) is 0 Å². The van der Waals surface area contributed by atoms with Crippen LogP contribution >= 0.6 is 0 Å². The van der Waals surface area contributed by atoms with Gasteiger partial charge in [-0.05, 0) is 0 Å². The predicted molar refractivity (Wildman–Crippen MR) is 76.9 cm³/mol. The zero-order valence-corrected chi connectivity index (χ0v) is 18.6. The Labute approximate surface area is 168 Å². The van der Waals surface area contributed by atoms with Crippen molar-refractivity contribution in [1.82, 2.24) is 0 Å². The van der Waals surface area contributed by atoms with Crippen LogP contribution in [0.2, 0.25) is 0 Å². The molecule has 0 aromatic rings. The monoisotopic (exact) mass is 542 g/mol. The molecule has 0 heterocycles. The van der Waals surface area contributed by atoms with Crippen LogP contribution in [0, 0.1) is 0 Å². The van der Waals surface area contributed by atoms with Crippen molar-refractivity contribution >= 4 is 11.9 Å². The van der Waals surface area contributed by atoms with E-state index in [2.05, 4.69) is 0 Å². The minimum atomic E-state index is -0.526. The molecule has 0 aromatic carbocycles. The number of ether oxygens (including phenoxy) is 2. The normalized spacial score (nSPS) is 11.4. The van der Waals surface area contributed by atoms with E-state index in [0.717, 1.165) is 12.2 Å². The molecule has 8 heteroatoms. The van der Waals surface area contributed by atoms with Crippen LogP contribution in [-0.2, 0) is 19.1 Å². The summed E-state index contributed by atoms with van der Waals surface area (Å²) in [6.07, 6.45) is 2.20. The van der Waals surface area contributed by atoms with Gasteiger partial charge >= 0.3 is 11.9 Å². The van der Waals surface area contributed by atoms with E-state index in [4.69, 9.17) is 9.47 Å². The molecule has 0 aromatic heterocycles. The fourth-order valence-corrected chi connectivity index (χ4v) is 1.07. The van der Waals surface area contributed by atoms with Crippen LogP contribution in [0.3, 0.4) is 0 Å².